The molecule has 1 N–H and O–H groups in total. The van der Waals surface area contributed by atoms with Gasteiger partial charge in [0.05, 0.1) is 5.75 Å². The highest BCUT2D eigenvalue weighted by molar-refractivity contribution is 7.99. The molecule has 2 aromatic carbocycles. The fraction of sp³-hybridized carbons (Fsp3) is 0.143. The van der Waals surface area contributed by atoms with Gasteiger partial charge in [-0.2, -0.15) is 0 Å². The van der Waals surface area contributed by atoms with Crippen LogP contribution >= 0.6 is 23.4 Å². The molecule has 0 unspecified atom stereocenters. The van der Waals surface area contributed by atoms with Gasteiger partial charge in [0.1, 0.15) is 0 Å². The molecular weight excluding hydrogens is 364 g/mol. The lowest BCUT2D eigenvalue weighted by molar-refractivity contribution is -0.113. The van der Waals surface area contributed by atoms with Crippen molar-refractivity contribution in [1.29, 1.82) is 0 Å². The van der Waals surface area contributed by atoms with Crippen LogP contribution < -0.4 is 5.32 Å². The van der Waals surface area contributed by atoms with Crippen LogP contribution in [0.3, 0.4) is 0 Å². The normalized spacial score (nSPS) is 10.5. The zero-order chi connectivity index (χ0) is 18.2. The molecule has 0 saturated heterocycles. The number of hydrogen-bond donors (Lipinski definition) is 1. The Morgan fingerprint density at radius 3 is 2.42 bits per heavy atom. The van der Waals surface area contributed by atoms with Gasteiger partial charge in [0.15, 0.2) is 0 Å². The van der Waals surface area contributed by atoms with Crippen molar-refractivity contribution < 1.29 is 4.79 Å². The van der Waals surface area contributed by atoms with Crippen LogP contribution in [-0.2, 0) is 17.0 Å². The van der Waals surface area contributed by atoms with Gasteiger partial charge < -0.3 is 5.32 Å². The minimum Gasteiger partial charge on any atom is -0.325 e. The Morgan fingerprint density at radius 2 is 1.69 bits per heavy atom. The number of aromatic nitrogens is 1. The summed E-state index contributed by atoms with van der Waals surface area (Å²) < 4.78 is 0. The number of nitrogens with one attached hydrogen (secondary N) is 1. The number of carbonyl (C=O) groups excluding carboxylic acids is 1. The number of anilines is 1. The summed E-state index contributed by atoms with van der Waals surface area (Å²) in [5.74, 6) is 1.17. The van der Waals surface area contributed by atoms with E-state index in [0.717, 1.165) is 28.4 Å². The van der Waals surface area contributed by atoms with E-state index in [1.54, 1.807) is 24.2 Å². The molecule has 0 saturated carbocycles. The lowest BCUT2D eigenvalue weighted by Gasteiger charge is -2.07. The summed E-state index contributed by atoms with van der Waals surface area (Å²) >= 11 is 7.54. The third-order valence-electron chi connectivity index (χ3n) is 3.79. The highest BCUT2D eigenvalue weighted by Crippen LogP contribution is 2.17. The quantitative estimate of drug-likeness (QED) is 0.610. The average Bonchev–Trinajstić information content (AvgIpc) is 2.64. The van der Waals surface area contributed by atoms with Crippen molar-refractivity contribution in [2.45, 2.75) is 12.2 Å². The summed E-state index contributed by atoms with van der Waals surface area (Å²) in [6.07, 6.45) is 4.45. The molecule has 3 aromatic rings. The maximum absolute atomic E-state index is 12.1. The van der Waals surface area contributed by atoms with E-state index in [1.165, 1.54) is 11.1 Å². The second-order valence-electron chi connectivity index (χ2n) is 5.90. The first-order valence-corrected chi connectivity index (χ1v) is 9.82. The Labute approximate surface area is 162 Å². The van der Waals surface area contributed by atoms with Crippen molar-refractivity contribution in [2.75, 3.05) is 11.1 Å². The maximum atomic E-state index is 12.1. The number of pyridine rings is 1. The van der Waals surface area contributed by atoms with Gasteiger partial charge in [-0.05, 0) is 59.5 Å². The van der Waals surface area contributed by atoms with Gasteiger partial charge in [-0.1, -0.05) is 35.9 Å². The number of hydrogen-bond acceptors (Lipinski definition) is 3. The van der Waals surface area contributed by atoms with E-state index in [9.17, 15) is 4.79 Å². The number of benzene rings is 2. The summed E-state index contributed by atoms with van der Waals surface area (Å²) in [5.41, 5.74) is 4.35. The number of amides is 1. The molecule has 3 rings (SSSR count). The van der Waals surface area contributed by atoms with Crippen molar-refractivity contribution in [1.82, 2.24) is 4.98 Å². The molecule has 0 aliphatic carbocycles. The lowest BCUT2D eigenvalue weighted by atomic mass is 10.1. The molecule has 3 nitrogen and oxygen atoms in total. The van der Waals surface area contributed by atoms with Gasteiger partial charge in [0.2, 0.25) is 5.91 Å². The van der Waals surface area contributed by atoms with Gasteiger partial charge >= 0.3 is 0 Å². The Hall–Kier alpha value is -2.30. The molecule has 1 aromatic heterocycles. The highest BCUT2D eigenvalue weighted by atomic mass is 35.5. The van der Waals surface area contributed by atoms with Crippen molar-refractivity contribution in [3.8, 4) is 0 Å². The minimum absolute atomic E-state index is 0.00101. The average molecular weight is 383 g/mol. The molecule has 0 spiro atoms. The van der Waals surface area contributed by atoms with Gasteiger partial charge in [0, 0.05) is 28.9 Å². The van der Waals surface area contributed by atoms with Crippen molar-refractivity contribution in [3.63, 3.8) is 0 Å². The van der Waals surface area contributed by atoms with Gasteiger partial charge in [-0.15, -0.1) is 11.8 Å². The molecule has 1 amide bonds. The largest absolute Gasteiger partial charge is 0.325 e. The monoisotopic (exact) mass is 382 g/mol. The summed E-state index contributed by atoms with van der Waals surface area (Å²) in [6, 6.07) is 19.7. The van der Waals surface area contributed by atoms with Crippen LogP contribution in [0.25, 0.3) is 0 Å². The standard InChI is InChI=1S/C21H19ClN2OS/c22-19-3-1-2-18(13-19)14-26-15-21(25)24-20-6-4-16(5-7-20)12-17-8-10-23-11-9-17/h1-11,13H,12,14-15H2,(H,24,25). The molecule has 0 bridgehead atoms. The van der Waals surface area contributed by atoms with Crippen molar-refractivity contribution in [3.05, 3.63) is 94.8 Å². The van der Waals surface area contributed by atoms with E-state index in [4.69, 9.17) is 11.6 Å². The van der Waals surface area contributed by atoms with E-state index in [1.807, 2.05) is 60.7 Å². The Bertz CT molecular complexity index is 853. The third kappa shape index (κ3) is 5.90. The summed E-state index contributed by atoms with van der Waals surface area (Å²) in [7, 11) is 0. The Morgan fingerprint density at radius 1 is 0.962 bits per heavy atom. The Kier molecular flexibility index (Phi) is 6.69. The second kappa shape index (κ2) is 9.41. The number of halogens is 1. The van der Waals surface area contributed by atoms with Gasteiger partial charge in [-0.25, -0.2) is 0 Å². The SMILES string of the molecule is O=C(CSCc1cccc(Cl)c1)Nc1ccc(Cc2ccncc2)cc1. The van der Waals surface area contributed by atoms with E-state index in [2.05, 4.69) is 10.3 Å². The lowest BCUT2D eigenvalue weighted by Crippen LogP contribution is -2.14. The van der Waals surface area contributed by atoms with Crippen LogP contribution in [-0.4, -0.2) is 16.6 Å². The molecular formula is C21H19ClN2OS. The first kappa shape index (κ1) is 18.5. The van der Waals surface area contributed by atoms with Crippen LogP contribution in [0.5, 0.6) is 0 Å². The molecule has 0 atom stereocenters. The molecule has 5 heteroatoms. The van der Waals surface area contributed by atoms with Crippen LogP contribution in [0, 0.1) is 0 Å². The van der Waals surface area contributed by atoms with Crippen molar-refractivity contribution >= 4 is 35.0 Å². The minimum atomic E-state index is -0.00101. The molecule has 0 aliphatic heterocycles. The summed E-state index contributed by atoms with van der Waals surface area (Å²) in [4.78, 5) is 16.1. The molecule has 132 valence electrons. The van der Waals surface area contributed by atoms with Crippen LogP contribution in [0.4, 0.5) is 5.69 Å². The second-order valence-corrected chi connectivity index (χ2v) is 7.32. The smallest absolute Gasteiger partial charge is 0.234 e. The topological polar surface area (TPSA) is 42.0 Å². The van der Waals surface area contributed by atoms with E-state index in [0.29, 0.717) is 5.75 Å². The van der Waals surface area contributed by atoms with Crippen LogP contribution in [0.2, 0.25) is 5.02 Å². The summed E-state index contributed by atoms with van der Waals surface area (Å²) in [5, 5.41) is 3.66. The first-order valence-electron chi connectivity index (χ1n) is 8.29. The predicted molar refractivity (Wildman–Crippen MR) is 110 cm³/mol. The highest BCUT2D eigenvalue weighted by Gasteiger charge is 2.04. The predicted octanol–water partition coefficient (Wildman–Crippen LogP) is 5.20. The molecule has 0 radical (unpaired) electrons. The number of nitrogens with zero attached hydrogens (tertiary/aromatic N) is 1. The zero-order valence-corrected chi connectivity index (χ0v) is 15.8. The maximum Gasteiger partial charge on any atom is 0.234 e. The van der Waals surface area contributed by atoms with E-state index >= 15 is 0 Å². The molecule has 1 heterocycles. The Balaban J connectivity index is 1.45. The first-order chi connectivity index (χ1) is 12.7. The van der Waals surface area contributed by atoms with Crippen LogP contribution in [0.1, 0.15) is 16.7 Å². The van der Waals surface area contributed by atoms with Gasteiger partial charge in [-0.3, -0.25) is 9.78 Å². The number of thioether (sulfide) groups is 1. The summed E-state index contributed by atoms with van der Waals surface area (Å²) in [6.45, 7) is 0. The van der Waals surface area contributed by atoms with E-state index in [-0.39, 0.29) is 5.91 Å². The van der Waals surface area contributed by atoms with Crippen molar-refractivity contribution in [2.24, 2.45) is 0 Å². The van der Waals surface area contributed by atoms with E-state index < -0.39 is 0 Å². The molecule has 26 heavy (non-hydrogen) atoms. The third-order valence-corrected chi connectivity index (χ3v) is 5.03. The number of rotatable bonds is 7. The van der Waals surface area contributed by atoms with Gasteiger partial charge in [0.25, 0.3) is 0 Å². The number of carbonyl (C=O) groups is 1. The molecule has 0 fully saturated rings. The molecule has 0 aliphatic rings. The van der Waals surface area contributed by atoms with Crippen LogP contribution in [0.15, 0.2) is 73.1 Å². The fourth-order valence-corrected chi connectivity index (χ4v) is 3.52. The fourth-order valence-electron chi connectivity index (χ4n) is 2.53. The zero-order valence-electron chi connectivity index (χ0n) is 14.2.